The molecular weight excluding hydrogens is 386 g/mol. The number of ether oxygens (including phenoxy) is 2. The second-order valence-electron chi connectivity index (χ2n) is 6.71. The van der Waals surface area contributed by atoms with Crippen LogP contribution in [0, 0.1) is 17.0 Å². The van der Waals surface area contributed by atoms with Gasteiger partial charge in [0.2, 0.25) is 5.78 Å². The van der Waals surface area contributed by atoms with E-state index in [1.165, 1.54) is 36.4 Å². The zero-order valence-electron chi connectivity index (χ0n) is 15.8. The molecule has 0 amide bonds. The fraction of sp³-hybridized carbons (Fsp3) is 0.0435. The van der Waals surface area contributed by atoms with Crippen molar-refractivity contribution in [2.45, 2.75) is 6.92 Å². The lowest BCUT2D eigenvalue weighted by molar-refractivity contribution is -0.384. The molecule has 3 aromatic carbocycles. The van der Waals surface area contributed by atoms with E-state index in [1.807, 2.05) is 31.2 Å². The number of rotatable bonds is 4. The second-order valence-corrected chi connectivity index (χ2v) is 6.71. The highest BCUT2D eigenvalue weighted by Crippen LogP contribution is 2.35. The Hall–Kier alpha value is -4.26. The Bertz CT molecular complexity index is 1230. The molecule has 1 aliphatic heterocycles. The molecule has 3 aromatic rings. The van der Waals surface area contributed by atoms with Crippen LogP contribution >= 0.6 is 0 Å². The van der Waals surface area contributed by atoms with Crippen LogP contribution in [0.3, 0.4) is 0 Å². The third-order valence-corrected chi connectivity index (χ3v) is 4.48. The summed E-state index contributed by atoms with van der Waals surface area (Å²) in [6.07, 6.45) is 1.66. The molecule has 0 bridgehead atoms. The lowest BCUT2D eigenvalue weighted by Crippen LogP contribution is -2.08. The Morgan fingerprint density at radius 3 is 2.63 bits per heavy atom. The Kier molecular flexibility index (Phi) is 4.85. The van der Waals surface area contributed by atoms with Gasteiger partial charge in [-0.25, -0.2) is 4.79 Å². The molecule has 0 fully saturated rings. The van der Waals surface area contributed by atoms with Crippen LogP contribution in [0.5, 0.6) is 11.5 Å². The van der Waals surface area contributed by atoms with E-state index >= 15 is 0 Å². The maximum atomic E-state index is 12.6. The van der Waals surface area contributed by atoms with Crippen molar-refractivity contribution < 1.29 is 24.0 Å². The number of nitro groups is 1. The van der Waals surface area contributed by atoms with Crippen molar-refractivity contribution in [2.24, 2.45) is 0 Å². The number of allylic oxidation sites excluding steroid dienone is 1. The molecule has 1 heterocycles. The number of aryl methyl sites for hydroxylation is 1. The summed E-state index contributed by atoms with van der Waals surface area (Å²) in [6.45, 7) is 1.95. The van der Waals surface area contributed by atoms with Crippen LogP contribution < -0.4 is 9.47 Å². The third-order valence-electron chi connectivity index (χ3n) is 4.48. The number of benzene rings is 3. The molecule has 0 aromatic heterocycles. The minimum Gasteiger partial charge on any atom is -0.452 e. The normalized spacial score (nSPS) is 13.6. The van der Waals surface area contributed by atoms with Crippen molar-refractivity contribution in [3.8, 4) is 11.5 Å². The van der Waals surface area contributed by atoms with Crippen LogP contribution in [0.2, 0.25) is 0 Å². The van der Waals surface area contributed by atoms with Gasteiger partial charge in [0.1, 0.15) is 11.5 Å². The van der Waals surface area contributed by atoms with Crippen molar-refractivity contribution in [1.82, 2.24) is 0 Å². The summed E-state index contributed by atoms with van der Waals surface area (Å²) in [6, 6.07) is 17.3. The number of fused-ring (bicyclic) bond motifs is 1. The van der Waals surface area contributed by atoms with Crippen LogP contribution in [-0.2, 0) is 0 Å². The Morgan fingerprint density at radius 2 is 1.87 bits per heavy atom. The van der Waals surface area contributed by atoms with Gasteiger partial charge in [0.15, 0.2) is 5.76 Å². The van der Waals surface area contributed by atoms with Crippen molar-refractivity contribution in [1.29, 1.82) is 0 Å². The van der Waals surface area contributed by atoms with Crippen LogP contribution in [0.4, 0.5) is 5.69 Å². The molecule has 0 unspecified atom stereocenters. The van der Waals surface area contributed by atoms with E-state index in [1.54, 1.807) is 6.08 Å². The van der Waals surface area contributed by atoms with Gasteiger partial charge in [-0.1, -0.05) is 35.9 Å². The largest absolute Gasteiger partial charge is 0.452 e. The van der Waals surface area contributed by atoms with E-state index in [2.05, 4.69) is 0 Å². The first kappa shape index (κ1) is 19.1. The van der Waals surface area contributed by atoms with Gasteiger partial charge in [-0.3, -0.25) is 14.9 Å². The molecule has 0 N–H and O–H groups in total. The summed E-state index contributed by atoms with van der Waals surface area (Å²) in [5.41, 5.74) is 2.09. The van der Waals surface area contributed by atoms with Crippen LogP contribution in [0.1, 0.15) is 31.8 Å². The van der Waals surface area contributed by atoms with E-state index in [0.29, 0.717) is 5.56 Å². The number of ketones is 1. The summed E-state index contributed by atoms with van der Waals surface area (Å²) >= 11 is 0. The molecule has 0 saturated carbocycles. The van der Waals surface area contributed by atoms with E-state index < -0.39 is 10.9 Å². The number of carbonyl (C=O) groups excluding carboxylic acids is 2. The zero-order chi connectivity index (χ0) is 21.3. The van der Waals surface area contributed by atoms with Gasteiger partial charge in [0.05, 0.1) is 16.1 Å². The predicted molar refractivity (Wildman–Crippen MR) is 109 cm³/mol. The highest BCUT2D eigenvalue weighted by atomic mass is 16.6. The highest BCUT2D eigenvalue weighted by molar-refractivity contribution is 6.14. The second kappa shape index (κ2) is 7.63. The van der Waals surface area contributed by atoms with Gasteiger partial charge < -0.3 is 9.47 Å². The smallest absolute Gasteiger partial charge is 0.343 e. The minimum atomic E-state index is -0.751. The van der Waals surface area contributed by atoms with Crippen molar-refractivity contribution in [2.75, 3.05) is 0 Å². The quantitative estimate of drug-likeness (QED) is 0.206. The molecule has 1 aliphatic rings. The van der Waals surface area contributed by atoms with Gasteiger partial charge in [-0.15, -0.1) is 0 Å². The number of carbonyl (C=O) groups is 2. The first-order chi connectivity index (χ1) is 14.4. The molecule has 7 nitrogen and oxygen atoms in total. The minimum absolute atomic E-state index is 0.0433. The molecule has 0 spiro atoms. The van der Waals surface area contributed by atoms with Crippen LogP contribution in [0.15, 0.2) is 72.5 Å². The van der Waals surface area contributed by atoms with E-state index in [-0.39, 0.29) is 34.3 Å². The standard InChI is InChI=1S/C23H15NO6/c1-14-4-2-5-15(10-14)11-21-22(25)19-9-8-18(13-20(19)30-21)29-23(26)16-6-3-7-17(12-16)24(27)28/h2-13H,1H3/b21-11-. The number of non-ortho nitro benzene ring substituents is 1. The molecule has 4 rings (SSSR count). The molecule has 30 heavy (non-hydrogen) atoms. The van der Waals surface area contributed by atoms with Gasteiger partial charge in [0, 0.05) is 18.2 Å². The van der Waals surface area contributed by atoms with Crippen LogP contribution in [0.25, 0.3) is 6.08 Å². The van der Waals surface area contributed by atoms with Gasteiger partial charge in [-0.05, 0) is 36.8 Å². The van der Waals surface area contributed by atoms with Gasteiger partial charge in [-0.2, -0.15) is 0 Å². The number of hydrogen-bond acceptors (Lipinski definition) is 6. The first-order valence-electron chi connectivity index (χ1n) is 9.02. The SMILES string of the molecule is Cc1cccc(/C=C2\Oc3cc(OC(=O)c4cccc([N+](=O)[O-])c4)ccc3C2=O)c1. The summed E-state index contributed by atoms with van der Waals surface area (Å²) in [5.74, 6) is -0.391. The molecule has 7 heteroatoms. The fourth-order valence-electron chi connectivity index (χ4n) is 3.05. The fourth-order valence-corrected chi connectivity index (χ4v) is 3.05. The molecular formula is C23H15NO6. The molecule has 0 atom stereocenters. The summed E-state index contributed by atoms with van der Waals surface area (Å²) in [7, 11) is 0. The number of nitrogens with zero attached hydrogens (tertiary/aromatic N) is 1. The van der Waals surface area contributed by atoms with Gasteiger partial charge >= 0.3 is 5.97 Å². The third kappa shape index (κ3) is 3.81. The first-order valence-corrected chi connectivity index (χ1v) is 9.02. The number of nitro benzene ring substituents is 1. The lowest BCUT2D eigenvalue weighted by Gasteiger charge is -2.05. The lowest BCUT2D eigenvalue weighted by atomic mass is 10.1. The Balaban J connectivity index is 1.55. The van der Waals surface area contributed by atoms with Gasteiger partial charge in [0.25, 0.3) is 5.69 Å². The average Bonchev–Trinajstić information content (AvgIpc) is 3.03. The molecule has 148 valence electrons. The van der Waals surface area contributed by atoms with Crippen molar-refractivity contribution >= 4 is 23.5 Å². The Labute approximate surface area is 171 Å². The van der Waals surface area contributed by atoms with E-state index in [9.17, 15) is 19.7 Å². The monoisotopic (exact) mass is 401 g/mol. The maximum Gasteiger partial charge on any atom is 0.343 e. The Morgan fingerprint density at radius 1 is 1.07 bits per heavy atom. The maximum absolute atomic E-state index is 12.6. The predicted octanol–water partition coefficient (Wildman–Crippen LogP) is 4.74. The molecule has 0 saturated heterocycles. The zero-order valence-corrected chi connectivity index (χ0v) is 15.8. The highest BCUT2D eigenvalue weighted by Gasteiger charge is 2.28. The van der Waals surface area contributed by atoms with E-state index in [4.69, 9.17) is 9.47 Å². The number of esters is 1. The summed E-state index contributed by atoms with van der Waals surface area (Å²) < 4.78 is 11.0. The summed E-state index contributed by atoms with van der Waals surface area (Å²) in [5, 5.41) is 10.9. The number of hydrogen-bond donors (Lipinski definition) is 0. The number of Topliss-reactive ketones (excluding diaryl/α,β-unsaturated/α-hetero) is 1. The average molecular weight is 401 g/mol. The van der Waals surface area contributed by atoms with Crippen molar-refractivity contribution in [3.63, 3.8) is 0 Å². The van der Waals surface area contributed by atoms with E-state index in [0.717, 1.165) is 17.2 Å². The summed E-state index contributed by atoms with van der Waals surface area (Å²) in [4.78, 5) is 35.2. The van der Waals surface area contributed by atoms with Crippen LogP contribution in [-0.4, -0.2) is 16.7 Å². The molecule has 0 aliphatic carbocycles. The van der Waals surface area contributed by atoms with Crippen molar-refractivity contribution in [3.05, 3.63) is 105 Å². The molecule has 0 radical (unpaired) electrons. The topological polar surface area (TPSA) is 95.7 Å².